The molecule has 15 heteroatoms. The monoisotopic (exact) mass is 572 g/mol. The van der Waals surface area contributed by atoms with Gasteiger partial charge in [-0.15, -0.1) is 0 Å². The van der Waals surface area contributed by atoms with Crippen LogP contribution < -0.4 is 9.47 Å². The number of halogens is 1. The van der Waals surface area contributed by atoms with Crippen LogP contribution in [0.4, 0.5) is 0 Å². The van der Waals surface area contributed by atoms with E-state index < -0.39 is 0 Å². The van der Waals surface area contributed by atoms with E-state index in [0.29, 0.717) is 48.4 Å². The van der Waals surface area contributed by atoms with Gasteiger partial charge in [-0.1, -0.05) is 46.4 Å². The second-order valence-corrected chi connectivity index (χ2v) is 9.49. The number of nitrogens with zero attached hydrogens (tertiary/aromatic N) is 8. The van der Waals surface area contributed by atoms with Gasteiger partial charge in [0.25, 0.3) is 10.4 Å². The summed E-state index contributed by atoms with van der Waals surface area (Å²) in [4.78, 5) is 17.5. The van der Waals surface area contributed by atoms with Gasteiger partial charge in [0.1, 0.15) is 38.4 Å². The van der Waals surface area contributed by atoms with E-state index in [4.69, 9.17) is 31.6 Å². The lowest BCUT2D eigenvalue weighted by Crippen LogP contribution is -1.87. The zero-order valence-corrected chi connectivity index (χ0v) is 21.8. The Morgan fingerprint density at radius 3 is 1.82 bits per heavy atom. The van der Waals surface area contributed by atoms with Crippen molar-refractivity contribution in [1.29, 1.82) is 10.5 Å². The molecule has 39 heavy (non-hydrogen) atoms. The second kappa shape index (κ2) is 11.9. The lowest BCUT2D eigenvalue weighted by molar-refractivity contribution is 0.459. The van der Waals surface area contributed by atoms with E-state index in [1.807, 2.05) is 6.07 Å². The first-order valence-electron chi connectivity index (χ1n) is 10.8. The van der Waals surface area contributed by atoms with E-state index in [9.17, 15) is 0 Å². The van der Waals surface area contributed by atoms with Crippen molar-refractivity contribution in [3.05, 3.63) is 82.3 Å². The minimum absolute atomic E-state index is 0.326. The van der Waals surface area contributed by atoms with Gasteiger partial charge in [-0.25, -0.2) is 19.9 Å². The van der Waals surface area contributed by atoms with Crippen LogP contribution in [0.15, 0.2) is 67.4 Å². The van der Waals surface area contributed by atoms with Crippen molar-refractivity contribution in [2.45, 2.75) is 0 Å². The van der Waals surface area contributed by atoms with Crippen molar-refractivity contribution in [1.82, 2.24) is 40.3 Å². The molecule has 0 aliphatic heterocycles. The largest absolute Gasteiger partial charge is 0.412 e. The highest BCUT2D eigenvalue weighted by Gasteiger charge is 2.16. The summed E-state index contributed by atoms with van der Waals surface area (Å²) in [6.45, 7) is 0. The molecule has 0 fully saturated rings. The number of hydrogen-bond acceptors (Lipinski definition) is 12. The number of hydrogen-bond donors (Lipinski definition) is 2. The fourth-order valence-electron chi connectivity index (χ4n) is 3.02. The molecule has 2 N–H and O–H groups in total. The lowest BCUT2D eigenvalue weighted by atomic mass is 10.2. The molecule has 190 valence electrons. The van der Waals surface area contributed by atoms with Crippen LogP contribution in [-0.2, 0) is 0 Å². The molecule has 6 aromatic rings. The number of rotatable bonds is 6. The summed E-state index contributed by atoms with van der Waals surface area (Å²) in [6, 6.07) is 14.6. The van der Waals surface area contributed by atoms with Crippen molar-refractivity contribution >= 4 is 34.3 Å². The fraction of sp³-hybridized carbons (Fsp3) is 0. The first-order chi connectivity index (χ1) is 19.1. The van der Waals surface area contributed by atoms with Crippen LogP contribution in [0.3, 0.4) is 0 Å². The highest BCUT2D eigenvalue weighted by molar-refractivity contribution is 7.14. The average Bonchev–Trinajstić information content (AvgIpc) is 3.76. The predicted molar refractivity (Wildman–Crippen MR) is 142 cm³/mol. The third-order valence-electron chi connectivity index (χ3n) is 4.67. The number of pyridine rings is 2. The summed E-state index contributed by atoms with van der Waals surface area (Å²) in [5, 5.41) is 32.3. The normalized spacial score (nSPS) is 10.1. The summed E-state index contributed by atoms with van der Waals surface area (Å²) in [5.74, 6) is 0.772. The topological polar surface area (TPSA) is 175 Å². The molecule has 0 spiro atoms. The third kappa shape index (κ3) is 6.23. The molecule has 0 saturated heterocycles. The zero-order valence-electron chi connectivity index (χ0n) is 19.4. The minimum Gasteiger partial charge on any atom is -0.412 e. The Kier molecular flexibility index (Phi) is 7.80. The molecule has 0 amide bonds. The molecular formula is C24H13ClN10O2S2. The van der Waals surface area contributed by atoms with Crippen LogP contribution in [0.2, 0.25) is 5.15 Å². The maximum Gasteiger partial charge on any atom is 0.281 e. The first-order valence-corrected chi connectivity index (χ1v) is 12.8. The fourth-order valence-corrected chi connectivity index (χ4v) is 4.67. The van der Waals surface area contributed by atoms with Gasteiger partial charge in [-0.3, -0.25) is 10.2 Å². The quantitative estimate of drug-likeness (QED) is 0.231. The number of ether oxygens (including phenoxy) is 2. The number of nitrogens with one attached hydrogen (secondary N) is 2. The highest BCUT2D eigenvalue weighted by Crippen LogP contribution is 2.34. The van der Waals surface area contributed by atoms with Crippen molar-refractivity contribution in [3.8, 4) is 56.8 Å². The van der Waals surface area contributed by atoms with Crippen molar-refractivity contribution in [2.24, 2.45) is 0 Å². The lowest BCUT2D eigenvalue weighted by Gasteiger charge is -1.99. The molecular weight excluding hydrogens is 560 g/mol. The van der Waals surface area contributed by atoms with Crippen LogP contribution in [0.1, 0.15) is 9.75 Å². The molecule has 12 nitrogen and oxygen atoms in total. The highest BCUT2D eigenvalue weighted by atomic mass is 35.5. The van der Waals surface area contributed by atoms with Crippen LogP contribution in [0, 0.1) is 22.7 Å². The smallest absolute Gasteiger partial charge is 0.281 e. The molecule has 0 aliphatic carbocycles. The molecule has 0 unspecified atom stereocenters. The molecule has 6 rings (SSSR count). The summed E-state index contributed by atoms with van der Waals surface area (Å²) in [6.07, 6.45) is 8.18. The van der Waals surface area contributed by atoms with Gasteiger partial charge < -0.3 is 9.47 Å². The van der Waals surface area contributed by atoms with E-state index in [1.54, 1.807) is 61.3 Å². The summed E-state index contributed by atoms with van der Waals surface area (Å²) in [5.41, 5.74) is 2.57. The second-order valence-electron chi connectivity index (χ2n) is 7.18. The van der Waals surface area contributed by atoms with Gasteiger partial charge >= 0.3 is 0 Å². The molecule has 0 saturated carbocycles. The first kappa shape index (κ1) is 25.5. The van der Waals surface area contributed by atoms with E-state index >= 15 is 0 Å². The summed E-state index contributed by atoms with van der Waals surface area (Å²) in [7, 11) is 0. The number of aromatic amines is 2. The molecule has 0 atom stereocenters. The van der Waals surface area contributed by atoms with Gasteiger partial charge in [-0.05, 0) is 12.1 Å². The van der Waals surface area contributed by atoms with E-state index in [1.165, 1.54) is 11.3 Å². The predicted octanol–water partition coefficient (Wildman–Crippen LogP) is 5.84. The Bertz CT molecular complexity index is 1750. The van der Waals surface area contributed by atoms with Crippen molar-refractivity contribution < 1.29 is 9.47 Å². The van der Waals surface area contributed by atoms with Crippen LogP contribution >= 0.6 is 34.3 Å². The van der Waals surface area contributed by atoms with Crippen LogP contribution in [-0.4, -0.2) is 40.3 Å². The Morgan fingerprint density at radius 2 is 1.33 bits per heavy atom. The van der Waals surface area contributed by atoms with Crippen molar-refractivity contribution in [3.63, 3.8) is 0 Å². The third-order valence-corrected chi connectivity index (χ3v) is 6.56. The number of thiazole rings is 2. The molecule has 0 radical (unpaired) electrons. The van der Waals surface area contributed by atoms with Gasteiger partial charge in [-0.2, -0.15) is 20.7 Å². The number of nitriles is 2. The standard InChI is InChI=1S/C12H6ClN5OS.C12H7N5OS/c13-9-2-1-3-10(17-9)19-12-18-11(8(4-14)20-12)7-5-15-16-6-7;13-5-9-11(8-6-15-16-7-8)17-12(19-9)18-10-3-1-2-4-14-10/h1-3,5-6H,(H,15,16);1-4,6-7H,(H,15,16). The maximum absolute atomic E-state index is 9.14. The average molecular weight is 573 g/mol. The summed E-state index contributed by atoms with van der Waals surface area (Å²) >= 11 is 8.10. The minimum atomic E-state index is 0.326. The maximum atomic E-state index is 9.14. The van der Waals surface area contributed by atoms with Gasteiger partial charge in [0.2, 0.25) is 11.8 Å². The number of H-pyrrole nitrogens is 2. The van der Waals surface area contributed by atoms with Gasteiger partial charge in [0.05, 0.1) is 12.4 Å². The van der Waals surface area contributed by atoms with E-state index in [-0.39, 0.29) is 0 Å². The van der Waals surface area contributed by atoms with Gasteiger partial charge in [0, 0.05) is 41.9 Å². The van der Waals surface area contributed by atoms with E-state index in [2.05, 4.69) is 52.5 Å². The molecule has 0 aliphatic rings. The Hall–Kier alpha value is -5.15. The van der Waals surface area contributed by atoms with Gasteiger partial charge in [0.15, 0.2) is 0 Å². The van der Waals surface area contributed by atoms with Crippen LogP contribution in [0.25, 0.3) is 22.5 Å². The number of aromatic nitrogens is 8. The molecule has 0 aromatic carbocycles. The SMILES string of the molecule is N#Cc1sc(Oc2cccc(Cl)n2)nc1-c1cn[nH]c1.N#Cc1sc(Oc2ccccn2)nc1-c1cn[nH]c1. The van der Waals surface area contributed by atoms with Crippen molar-refractivity contribution in [2.75, 3.05) is 0 Å². The summed E-state index contributed by atoms with van der Waals surface area (Å²) < 4.78 is 11.0. The zero-order chi connectivity index (χ0) is 27.0. The van der Waals surface area contributed by atoms with E-state index in [0.717, 1.165) is 22.5 Å². The van der Waals surface area contributed by atoms with Crippen LogP contribution in [0.5, 0.6) is 22.1 Å². The molecule has 0 bridgehead atoms. The Balaban J connectivity index is 0.000000158. The molecule has 6 aromatic heterocycles. The molecule has 6 heterocycles. The Morgan fingerprint density at radius 1 is 0.744 bits per heavy atom. The Labute approximate surface area is 233 Å².